The molecule has 0 unspecified atom stereocenters. The lowest BCUT2D eigenvalue weighted by atomic mass is 9.97. The third-order valence-corrected chi connectivity index (χ3v) is 2.73. The Morgan fingerprint density at radius 3 is 2.47 bits per heavy atom. The number of primary amides is 1. The summed E-state index contributed by atoms with van der Waals surface area (Å²) in [7, 11) is 0. The van der Waals surface area contributed by atoms with Crippen LogP contribution in [0.3, 0.4) is 0 Å². The molecule has 0 aliphatic rings. The van der Waals surface area contributed by atoms with Crippen LogP contribution in [0, 0.1) is 6.92 Å². The topological polar surface area (TPSA) is 93.3 Å². The normalized spacial score (nSPS) is 10.2. The molecule has 5 nitrogen and oxygen atoms in total. The molecule has 2 rings (SSSR count). The van der Waals surface area contributed by atoms with Crippen molar-refractivity contribution in [2.45, 2.75) is 6.92 Å². The van der Waals surface area contributed by atoms with Crippen molar-refractivity contribution >= 4 is 11.9 Å². The maximum absolute atomic E-state index is 11.5. The minimum absolute atomic E-state index is 0.0219. The highest BCUT2D eigenvalue weighted by Crippen LogP contribution is 2.24. The van der Waals surface area contributed by atoms with Crippen LogP contribution in [0.15, 0.2) is 36.5 Å². The van der Waals surface area contributed by atoms with Gasteiger partial charge in [0.2, 0.25) is 5.91 Å². The van der Waals surface area contributed by atoms with Gasteiger partial charge in [0, 0.05) is 11.8 Å². The van der Waals surface area contributed by atoms with Gasteiger partial charge in [-0.3, -0.25) is 9.78 Å². The van der Waals surface area contributed by atoms with Crippen molar-refractivity contribution in [3.05, 3.63) is 53.2 Å². The Hall–Kier alpha value is -2.69. The predicted molar refractivity (Wildman–Crippen MR) is 69.9 cm³/mol. The van der Waals surface area contributed by atoms with Crippen molar-refractivity contribution in [3.63, 3.8) is 0 Å². The standard InChI is InChI=1S/C14H12N2O3/c1-8-5-6-11(16-7-8)9-3-2-4-10(14(18)19)12(9)13(15)17/h2-7H,1H3,(H2,15,17)(H,18,19). The Labute approximate surface area is 109 Å². The molecule has 0 atom stereocenters. The van der Waals surface area contributed by atoms with Crippen molar-refractivity contribution in [2.75, 3.05) is 0 Å². The van der Waals surface area contributed by atoms with Crippen molar-refractivity contribution in [1.82, 2.24) is 4.98 Å². The molecule has 0 saturated carbocycles. The van der Waals surface area contributed by atoms with Gasteiger partial charge in [-0.1, -0.05) is 18.2 Å². The Morgan fingerprint density at radius 1 is 1.21 bits per heavy atom. The number of hydrogen-bond acceptors (Lipinski definition) is 3. The predicted octanol–water partition coefficient (Wildman–Crippen LogP) is 1.85. The monoisotopic (exact) mass is 256 g/mol. The molecule has 0 saturated heterocycles. The van der Waals surface area contributed by atoms with Gasteiger partial charge in [-0.2, -0.15) is 0 Å². The summed E-state index contributed by atoms with van der Waals surface area (Å²) in [5.74, 6) is -1.97. The highest BCUT2D eigenvalue weighted by Gasteiger charge is 2.19. The first-order chi connectivity index (χ1) is 9.00. The number of aryl methyl sites for hydroxylation is 1. The van der Waals surface area contributed by atoms with Crippen LogP contribution in [0.1, 0.15) is 26.3 Å². The molecular weight excluding hydrogens is 244 g/mol. The Morgan fingerprint density at radius 2 is 1.95 bits per heavy atom. The number of nitrogens with zero attached hydrogens (tertiary/aromatic N) is 1. The Balaban J connectivity index is 2.69. The van der Waals surface area contributed by atoms with Crippen LogP contribution in [-0.2, 0) is 0 Å². The lowest BCUT2D eigenvalue weighted by Crippen LogP contribution is -2.17. The smallest absolute Gasteiger partial charge is 0.336 e. The highest BCUT2D eigenvalue weighted by atomic mass is 16.4. The van der Waals surface area contributed by atoms with E-state index < -0.39 is 11.9 Å². The first-order valence-corrected chi connectivity index (χ1v) is 5.60. The zero-order valence-electron chi connectivity index (χ0n) is 10.3. The molecule has 3 N–H and O–H groups in total. The van der Waals surface area contributed by atoms with Crippen LogP contribution >= 0.6 is 0 Å². The lowest BCUT2D eigenvalue weighted by Gasteiger charge is -2.09. The van der Waals surface area contributed by atoms with E-state index in [2.05, 4.69) is 4.98 Å². The maximum atomic E-state index is 11.5. The molecule has 5 heteroatoms. The first-order valence-electron chi connectivity index (χ1n) is 5.60. The third-order valence-electron chi connectivity index (χ3n) is 2.73. The number of carboxylic acids is 1. The van der Waals surface area contributed by atoms with Gasteiger partial charge in [0.1, 0.15) is 0 Å². The molecule has 1 aromatic heterocycles. The van der Waals surface area contributed by atoms with Crippen molar-refractivity contribution < 1.29 is 14.7 Å². The van der Waals surface area contributed by atoms with E-state index in [4.69, 9.17) is 10.8 Å². The van der Waals surface area contributed by atoms with Gasteiger partial charge in [-0.05, 0) is 24.6 Å². The molecule has 1 heterocycles. The van der Waals surface area contributed by atoms with E-state index in [1.807, 2.05) is 13.0 Å². The fraction of sp³-hybridized carbons (Fsp3) is 0.0714. The molecule has 0 bridgehead atoms. The fourth-order valence-electron chi connectivity index (χ4n) is 1.84. The zero-order valence-corrected chi connectivity index (χ0v) is 10.3. The molecule has 0 aliphatic heterocycles. The van der Waals surface area contributed by atoms with E-state index in [-0.39, 0.29) is 11.1 Å². The van der Waals surface area contributed by atoms with Gasteiger partial charge in [0.05, 0.1) is 16.8 Å². The summed E-state index contributed by atoms with van der Waals surface area (Å²) in [4.78, 5) is 26.8. The number of rotatable bonds is 3. The molecular formula is C14H12N2O3. The molecule has 1 amide bonds. The molecule has 96 valence electrons. The summed E-state index contributed by atoms with van der Waals surface area (Å²) < 4.78 is 0. The number of benzene rings is 1. The first kappa shape index (κ1) is 12.8. The van der Waals surface area contributed by atoms with Crippen LogP contribution in [0.4, 0.5) is 0 Å². The molecule has 19 heavy (non-hydrogen) atoms. The van der Waals surface area contributed by atoms with Gasteiger partial charge in [-0.25, -0.2) is 4.79 Å². The van der Waals surface area contributed by atoms with Crippen LogP contribution in [0.25, 0.3) is 11.3 Å². The number of nitrogens with two attached hydrogens (primary N) is 1. The molecule has 0 spiro atoms. The largest absolute Gasteiger partial charge is 0.478 e. The average molecular weight is 256 g/mol. The van der Waals surface area contributed by atoms with Crippen LogP contribution < -0.4 is 5.73 Å². The van der Waals surface area contributed by atoms with E-state index in [0.717, 1.165) is 5.56 Å². The Kier molecular flexibility index (Phi) is 3.29. The Bertz CT molecular complexity index is 648. The van der Waals surface area contributed by atoms with Crippen LogP contribution in [-0.4, -0.2) is 22.0 Å². The number of hydrogen-bond donors (Lipinski definition) is 2. The zero-order chi connectivity index (χ0) is 14.0. The number of pyridine rings is 1. The van der Waals surface area contributed by atoms with E-state index >= 15 is 0 Å². The summed E-state index contributed by atoms with van der Waals surface area (Å²) in [6.45, 7) is 1.89. The molecule has 0 radical (unpaired) electrons. The average Bonchev–Trinajstić information content (AvgIpc) is 2.38. The van der Waals surface area contributed by atoms with Crippen molar-refractivity contribution in [3.8, 4) is 11.3 Å². The van der Waals surface area contributed by atoms with E-state index in [1.54, 1.807) is 24.4 Å². The van der Waals surface area contributed by atoms with Gasteiger partial charge >= 0.3 is 5.97 Å². The number of amides is 1. The van der Waals surface area contributed by atoms with Crippen LogP contribution in [0.2, 0.25) is 0 Å². The van der Waals surface area contributed by atoms with E-state index in [9.17, 15) is 9.59 Å². The second-order valence-electron chi connectivity index (χ2n) is 4.12. The number of carbonyl (C=O) groups is 2. The molecule has 2 aromatic rings. The summed E-state index contributed by atoms with van der Waals surface area (Å²) in [6.07, 6.45) is 1.65. The number of carbonyl (C=O) groups excluding carboxylic acids is 1. The summed E-state index contributed by atoms with van der Waals surface area (Å²) in [5, 5.41) is 9.10. The molecule has 1 aromatic carbocycles. The summed E-state index contributed by atoms with van der Waals surface area (Å²) >= 11 is 0. The second kappa shape index (κ2) is 4.89. The minimum atomic E-state index is -1.19. The van der Waals surface area contributed by atoms with Gasteiger partial charge < -0.3 is 10.8 Å². The van der Waals surface area contributed by atoms with Gasteiger partial charge in [-0.15, -0.1) is 0 Å². The second-order valence-corrected chi connectivity index (χ2v) is 4.12. The number of aromatic carboxylic acids is 1. The minimum Gasteiger partial charge on any atom is -0.478 e. The van der Waals surface area contributed by atoms with E-state index in [0.29, 0.717) is 11.3 Å². The molecule has 0 aliphatic carbocycles. The van der Waals surface area contributed by atoms with Crippen molar-refractivity contribution in [2.24, 2.45) is 5.73 Å². The summed E-state index contributed by atoms with van der Waals surface area (Å²) in [6, 6.07) is 8.10. The van der Waals surface area contributed by atoms with E-state index in [1.165, 1.54) is 6.07 Å². The van der Waals surface area contributed by atoms with Crippen LogP contribution in [0.5, 0.6) is 0 Å². The van der Waals surface area contributed by atoms with Gasteiger partial charge in [0.15, 0.2) is 0 Å². The number of aromatic nitrogens is 1. The maximum Gasteiger partial charge on any atom is 0.336 e. The number of carboxylic acid groups (broad SMARTS) is 1. The third kappa shape index (κ3) is 2.44. The summed E-state index contributed by atoms with van der Waals surface area (Å²) in [5.41, 5.74) is 7.06. The quantitative estimate of drug-likeness (QED) is 0.876. The fourth-order valence-corrected chi connectivity index (χ4v) is 1.84. The SMILES string of the molecule is Cc1ccc(-c2cccc(C(=O)O)c2C(N)=O)nc1. The lowest BCUT2D eigenvalue weighted by molar-refractivity contribution is 0.0692. The van der Waals surface area contributed by atoms with Crippen molar-refractivity contribution in [1.29, 1.82) is 0 Å². The molecule has 0 fully saturated rings. The van der Waals surface area contributed by atoms with Gasteiger partial charge in [0.25, 0.3) is 0 Å². The highest BCUT2D eigenvalue weighted by molar-refractivity contribution is 6.08.